The second kappa shape index (κ2) is 10.7. The Balaban J connectivity index is 1.85. The molecule has 0 radical (unpaired) electrons. The molecule has 5 N–H and O–H groups in total. The van der Waals surface area contributed by atoms with Gasteiger partial charge in [0.1, 0.15) is 11.6 Å². The molecule has 29 heavy (non-hydrogen) atoms. The summed E-state index contributed by atoms with van der Waals surface area (Å²) in [6.07, 6.45) is 1.96. The summed E-state index contributed by atoms with van der Waals surface area (Å²) in [6.45, 7) is 6.19. The van der Waals surface area contributed by atoms with Crippen molar-refractivity contribution in [2.75, 3.05) is 11.9 Å². The van der Waals surface area contributed by atoms with E-state index in [4.69, 9.17) is 20.3 Å². The van der Waals surface area contributed by atoms with Gasteiger partial charge >= 0.3 is 0 Å². The maximum absolute atomic E-state index is 12.3. The third-order valence-corrected chi connectivity index (χ3v) is 4.06. The van der Waals surface area contributed by atoms with Crippen LogP contribution in [0.5, 0.6) is 0 Å². The number of anilines is 1. The number of hydrogen-bond acceptors (Lipinski definition) is 5. The number of carbonyl (C=O) groups excluding carboxylic acids is 2. The lowest BCUT2D eigenvalue weighted by Gasteiger charge is -2.18. The van der Waals surface area contributed by atoms with Crippen molar-refractivity contribution < 1.29 is 18.7 Å². The lowest BCUT2D eigenvalue weighted by atomic mass is 10.1. The fourth-order valence-electron chi connectivity index (χ4n) is 2.65. The van der Waals surface area contributed by atoms with E-state index in [0.717, 1.165) is 0 Å². The zero-order valence-corrected chi connectivity index (χ0v) is 16.4. The molecule has 8 nitrogen and oxygen atoms in total. The first-order valence-electron chi connectivity index (χ1n) is 9.26. The molecule has 0 saturated heterocycles. The Kier molecular flexibility index (Phi) is 8.02. The summed E-state index contributed by atoms with van der Waals surface area (Å²) in [7, 11) is 0. The summed E-state index contributed by atoms with van der Waals surface area (Å²) in [6, 6.07) is 9.68. The van der Waals surface area contributed by atoms with Crippen LogP contribution in [0.3, 0.4) is 0 Å². The summed E-state index contributed by atoms with van der Waals surface area (Å²) in [5.74, 6) is 0.523. The van der Waals surface area contributed by atoms with Gasteiger partial charge < -0.3 is 25.5 Å². The van der Waals surface area contributed by atoms with Crippen LogP contribution in [0.2, 0.25) is 0 Å². The zero-order valence-electron chi connectivity index (χ0n) is 16.4. The fourth-order valence-corrected chi connectivity index (χ4v) is 2.65. The second-order valence-electron chi connectivity index (χ2n) is 6.35. The highest BCUT2D eigenvalue weighted by Crippen LogP contribution is 2.22. The van der Waals surface area contributed by atoms with Crippen LogP contribution in [0.4, 0.5) is 5.69 Å². The first-order chi connectivity index (χ1) is 13.9. The first-order valence-corrected chi connectivity index (χ1v) is 9.26. The summed E-state index contributed by atoms with van der Waals surface area (Å²) in [5.41, 5.74) is 6.54. The van der Waals surface area contributed by atoms with Gasteiger partial charge in [0.2, 0.25) is 11.8 Å². The molecule has 154 valence electrons. The number of benzene rings is 1. The van der Waals surface area contributed by atoms with E-state index in [1.165, 1.54) is 6.26 Å². The number of ether oxygens (including phenoxy) is 1. The highest BCUT2D eigenvalue weighted by molar-refractivity contribution is 5.96. The molecule has 2 rings (SSSR count). The number of carbonyl (C=O) groups is 2. The molecule has 1 aromatic heterocycles. The van der Waals surface area contributed by atoms with E-state index in [9.17, 15) is 9.59 Å². The maximum atomic E-state index is 12.3. The smallest absolute Gasteiger partial charge is 0.224 e. The Morgan fingerprint density at radius 2 is 1.90 bits per heavy atom. The van der Waals surface area contributed by atoms with Gasteiger partial charge in [-0.15, -0.1) is 0 Å². The highest BCUT2D eigenvalue weighted by atomic mass is 16.5. The Morgan fingerprint density at radius 3 is 2.48 bits per heavy atom. The van der Waals surface area contributed by atoms with Crippen LogP contribution in [0.25, 0.3) is 0 Å². The van der Waals surface area contributed by atoms with Gasteiger partial charge in [-0.2, -0.15) is 0 Å². The Bertz CT molecular complexity index is 844. The maximum Gasteiger partial charge on any atom is 0.224 e. The Labute approximate surface area is 169 Å². The van der Waals surface area contributed by atoms with Crippen molar-refractivity contribution in [3.8, 4) is 0 Å². The Morgan fingerprint density at radius 1 is 1.21 bits per heavy atom. The molecular formula is C21H26N4O4. The number of furan rings is 1. The minimum Gasteiger partial charge on any atom is -0.499 e. The number of nitrogens with two attached hydrogens (primary N) is 1. The van der Waals surface area contributed by atoms with E-state index < -0.39 is 6.04 Å². The van der Waals surface area contributed by atoms with Crippen LogP contribution >= 0.6 is 0 Å². The van der Waals surface area contributed by atoms with Crippen molar-refractivity contribution in [3.05, 3.63) is 66.3 Å². The van der Waals surface area contributed by atoms with Gasteiger partial charge in [-0.3, -0.25) is 15.0 Å². The summed E-state index contributed by atoms with van der Waals surface area (Å²) >= 11 is 0. The van der Waals surface area contributed by atoms with E-state index >= 15 is 0 Å². The van der Waals surface area contributed by atoms with Crippen LogP contribution in [0.15, 0.2) is 59.4 Å². The van der Waals surface area contributed by atoms with Crippen molar-refractivity contribution in [1.29, 1.82) is 5.41 Å². The van der Waals surface area contributed by atoms with Crippen LogP contribution < -0.4 is 16.4 Å². The van der Waals surface area contributed by atoms with E-state index in [-0.39, 0.29) is 30.5 Å². The quantitative estimate of drug-likeness (QED) is 0.262. The molecule has 0 saturated carbocycles. The number of hydrogen-bond donors (Lipinski definition) is 4. The molecule has 2 aromatic rings. The summed E-state index contributed by atoms with van der Waals surface area (Å²) in [4.78, 5) is 24.4. The fraction of sp³-hybridized carbons (Fsp3) is 0.286. The number of nitrogen functional groups attached to an aromatic ring is 1. The molecule has 1 unspecified atom stereocenters. The predicted octanol–water partition coefficient (Wildman–Crippen LogP) is 3.08. The van der Waals surface area contributed by atoms with Gasteiger partial charge in [0, 0.05) is 30.5 Å². The SMILES string of the molecule is C=C(CC(NC(=O)CCC(=O)Nc1ccc(C(=N)N)cc1)c1ccco1)OCC. The normalized spacial score (nSPS) is 11.3. The monoisotopic (exact) mass is 398 g/mol. The topological polar surface area (TPSA) is 130 Å². The first kappa shape index (κ1) is 21.7. The van der Waals surface area contributed by atoms with Gasteiger partial charge in [0.25, 0.3) is 0 Å². The summed E-state index contributed by atoms with van der Waals surface area (Å²) < 4.78 is 10.8. The molecular weight excluding hydrogens is 372 g/mol. The van der Waals surface area contributed by atoms with Crippen molar-refractivity contribution in [2.24, 2.45) is 5.73 Å². The van der Waals surface area contributed by atoms with Gasteiger partial charge in [-0.1, -0.05) is 6.58 Å². The van der Waals surface area contributed by atoms with Crippen LogP contribution in [0, 0.1) is 5.41 Å². The van der Waals surface area contributed by atoms with Gasteiger partial charge in [-0.05, 0) is 43.3 Å². The standard InChI is InChI=1S/C21H26N4O4/c1-3-28-14(2)13-17(18-5-4-12-29-18)25-20(27)11-10-19(26)24-16-8-6-15(7-9-16)21(22)23/h4-9,12,17H,2-3,10-11,13H2,1H3,(H3,22,23)(H,24,26)(H,25,27). The van der Waals surface area contributed by atoms with Crippen molar-refractivity contribution >= 4 is 23.3 Å². The van der Waals surface area contributed by atoms with Crippen LogP contribution in [-0.2, 0) is 14.3 Å². The molecule has 1 atom stereocenters. The molecule has 0 bridgehead atoms. The van der Waals surface area contributed by atoms with Crippen molar-refractivity contribution in [3.63, 3.8) is 0 Å². The molecule has 0 aliphatic carbocycles. The third-order valence-electron chi connectivity index (χ3n) is 4.06. The molecule has 0 fully saturated rings. The van der Waals surface area contributed by atoms with Crippen LogP contribution in [-0.4, -0.2) is 24.3 Å². The van der Waals surface area contributed by atoms with Crippen LogP contribution in [0.1, 0.15) is 43.6 Å². The lowest BCUT2D eigenvalue weighted by Crippen LogP contribution is -2.29. The molecule has 0 aliphatic heterocycles. The van der Waals surface area contributed by atoms with Gasteiger partial charge in [0.05, 0.1) is 24.7 Å². The second-order valence-corrected chi connectivity index (χ2v) is 6.35. The number of nitrogens with one attached hydrogen (secondary N) is 3. The molecule has 0 spiro atoms. The van der Waals surface area contributed by atoms with Crippen molar-refractivity contribution in [2.45, 2.75) is 32.2 Å². The minimum absolute atomic E-state index is 0.0235. The molecule has 8 heteroatoms. The van der Waals surface area contributed by atoms with E-state index in [1.807, 2.05) is 6.92 Å². The number of amides is 2. The zero-order chi connectivity index (χ0) is 21.2. The number of rotatable bonds is 11. The predicted molar refractivity (Wildman–Crippen MR) is 110 cm³/mol. The minimum atomic E-state index is -0.418. The van der Waals surface area contributed by atoms with E-state index in [1.54, 1.807) is 36.4 Å². The number of amidine groups is 1. The molecule has 2 amide bonds. The largest absolute Gasteiger partial charge is 0.499 e. The highest BCUT2D eigenvalue weighted by Gasteiger charge is 2.19. The average Bonchev–Trinajstić information content (AvgIpc) is 3.21. The van der Waals surface area contributed by atoms with E-state index in [2.05, 4.69) is 17.2 Å². The van der Waals surface area contributed by atoms with Gasteiger partial charge in [0.15, 0.2) is 0 Å². The lowest BCUT2D eigenvalue weighted by molar-refractivity contribution is -0.125. The van der Waals surface area contributed by atoms with Crippen molar-refractivity contribution in [1.82, 2.24) is 5.32 Å². The molecule has 0 aliphatic rings. The van der Waals surface area contributed by atoms with E-state index in [0.29, 0.717) is 35.8 Å². The average molecular weight is 398 g/mol. The summed E-state index contributed by atoms with van der Waals surface area (Å²) in [5, 5.41) is 12.9. The molecule has 1 heterocycles. The Hall–Kier alpha value is -3.55. The third kappa shape index (κ3) is 7.17. The van der Waals surface area contributed by atoms with Gasteiger partial charge in [-0.25, -0.2) is 0 Å². The molecule has 1 aromatic carbocycles.